The molecular weight excluding hydrogens is 280 g/mol. The molecule has 5 nitrogen and oxygen atoms in total. The van der Waals surface area contributed by atoms with Gasteiger partial charge in [0.15, 0.2) is 0 Å². The zero-order valence-corrected chi connectivity index (χ0v) is 13.5. The molecule has 1 aliphatic heterocycles. The molecule has 1 aromatic carbocycles. The average Bonchev–Trinajstić information content (AvgIpc) is 3.05. The van der Waals surface area contributed by atoms with Crippen LogP contribution in [0.15, 0.2) is 24.3 Å². The van der Waals surface area contributed by atoms with Crippen molar-refractivity contribution in [3.63, 3.8) is 0 Å². The molecule has 22 heavy (non-hydrogen) atoms. The summed E-state index contributed by atoms with van der Waals surface area (Å²) in [5.41, 5.74) is 0.499. The second kappa shape index (κ2) is 7.29. The fourth-order valence-corrected chi connectivity index (χ4v) is 2.64. The van der Waals surface area contributed by atoms with Crippen LogP contribution < -0.4 is 10.1 Å². The van der Waals surface area contributed by atoms with Gasteiger partial charge in [0.2, 0.25) is 5.91 Å². The smallest absolute Gasteiger partial charge is 0.252 e. The molecule has 0 aromatic heterocycles. The van der Waals surface area contributed by atoms with Crippen molar-refractivity contribution in [3.05, 3.63) is 29.8 Å². The van der Waals surface area contributed by atoms with Crippen LogP contribution in [0, 0.1) is 5.92 Å². The summed E-state index contributed by atoms with van der Waals surface area (Å²) >= 11 is 0. The quantitative estimate of drug-likeness (QED) is 0.906. The Bertz CT molecular complexity index is 536. The van der Waals surface area contributed by atoms with Gasteiger partial charge >= 0.3 is 0 Å². The van der Waals surface area contributed by atoms with Gasteiger partial charge in [-0.3, -0.25) is 9.59 Å². The van der Waals surface area contributed by atoms with Crippen molar-refractivity contribution in [3.8, 4) is 5.75 Å². The third-order valence-electron chi connectivity index (χ3n) is 3.97. The lowest BCUT2D eigenvalue weighted by molar-refractivity contribution is -0.133. The predicted molar refractivity (Wildman–Crippen MR) is 84.9 cm³/mol. The molecule has 5 heteroatoms. The molecule has 1 N–H and O–H groups in total. The zero-order valence-electron chi connectivity index (χ0n) is 13.5. The Morgan fingerprint density at radius 1 is 1.23 bits per heavy atom. The second-order valence-corrected chi connectivity index (χ2v) is 5.96. The topological polar surface area (TPSA) is 58.6 Å². The lowest BCUT2D eigenvalue weighted by Crippen LogP contribution is -2.50. The van der Waals surface area contributed by atoms with Crippen LogP contribution >= 0.6 is 0 Å². The van der Waals surface area contributed by atoms with Gasteiger partial charge in [-0.05, 0) is 37.0 Å². The summed E-state index contributed by atoms with van der Waals surface area (Å²) in [6.45, 7) is 5.48. The van der Waals surface area contributed by atoms with E-state index in [-0.39, 0.29) is 17.7 Å². The van der Waals surface area contributed by atoms with Gasteiger partial charge in [0.25, 0.3) is 5.91 Å². The van der Waals surface area contributed by atoms with E-state index in [1.54, 1.807) is 31.4 Å². The van der Waals surface area contributed by atoms with Crippen molar-refractivity contribution in [2.24, 2.45) is 5.92 Å². The number of amides is 2. The fraction of sp³-hybridized carbons (Fsp3) is 0.529. The van der Waals surface area contributed by atoms with Crippen molar-refractivity contribution < 1.29 is 14.3 Å². The van der Waals surface area contributed by atoms with Crippen LogP contribution in [0.5, 0.6) is 5.75 Å². The summed E-state index contributed by atoms with van der Waals surface area (Å²) in [6, 6.07) is 6.45. The first-order chi connectivity index (χ1) is 10.5. The van der Waals surface area contributed by atoms with Crippen molar-refractivity contribution >= 4 is 11.8 Å². The van der Waals surface area contributed by atoms with E-state index < -0.39 is 6.04 Å². The number of hydrogen-bond donors (Lipinski definition) is 1. The highest BCUT2D eigenvalue weighted by molar-refractivity contribution is 5.98. The van der Waals surface area contributed by atoms with Crippen LogP contribution in [0.4, 0.5) is 0 Å². The van der Waals surface area contributed by atoms with Gasteiger partial charge in [0.1, 0.15) is 11.8 Å². The molecule has 0 spiro atoms. The van der Waals surface area contributed by atoms with Crippen LogP contribution in [0.25, 0.3) is 0 Å². The van der Waals surface area contributed by atoms with E-state index in [0.29, 0.717) is 11.3 Å². The summed E-state index contributed by atoms with van der Waals surface area (Å²) in [5.74, 6) is 0.441. The lowest BCUT2D eigenvalue weighted by atomic mass is 10.0. The molecule has 2 amide bonds. The largest absolute Gasteiger partial charge is 0.497 e. The highest BCUT2D eigenvalue weighted by Crippen LogP contribution is 2.16. The molecule has 0 aliphatic carbocycles. The average molecular weight is 304 g/mol. The Labute approximate surface area is 131 Å². The molecule has 0 bridgehead atoms. The molecule has 2 rings (SSSR count). The van der Waals surface area contributed by atoms with Crippen LogP contribution in [-0.2, 0) is 4.79 Å². The van der Waals surface area contributed by atoms with Crippen molar-refractivity contribution in [1.82, 2.24) is 10.2 Å². The number of ether oxygens (including phenoxy) is 1. The van der Waals surface area contributed by atoms with Crippen molar-refractivity contribution in [2.75, 3.05) is 20.2 Å². The van der Waals surface area contributed by atoms with Crippen LogP contribution in [0.3, 0.4) is 0 Å². The number of likely N-dealkylation sites (tertiary alicyclic amines) is 1. The van der Waals surface area contributed by atoms with E-state index in [0.717, 1.165) is 25.9 Å². The summed E-state index contributed by atoms with van der Waals surface area (Å²) in [6.07, 6.45) is 2.08. The van der Waals surface area contributed by atoms with E-state index in [1.165, 1.54) is 0 Å². The Kier molecular flexibility index (Phi) is 5.41. The number of rotatable bonds is 5. The SMILES string of the molecule is COc1cccc(C(=O)N[C@H](C(=O)N2CCCC2)C(C)C)c1. The molecule has 0 radical (unpaired) electrons. The van der Waals surface area contributed by atoms with Crippen molar-refractivity contribution in [1.29, 1.82) is 0 Å². The molecule has 1 aromatic rings. The molecular formula is C17H24N2O3. The van der Waals surface area contributed by atoms with Gasteiger partial charge in [0.05, 0.1) is 7.11 Å². The number of carbonyl (C=O) groups is 2. The highest BCUT2D eigenvalue weighted by Gasteiger charge is 2.30. The third kappa shape index (κ3) is 3.78. The Morgan fingerprint density at radius 2 is 1.91 bits per heavy atom. The minimum absolute atomic E-state index is 0.0174. The van der Waals surface area contributed by atoms with Gasteiger partial charge in [0, 0.05) is 18.7 Å². The van der Waals surface area contributed by atoms with E-state index >= 15 is 0 Å². The maximum atomic E-state index is 12.6. The number of carbonyl (C=O) groups excluding carboxylic acids is 2. The third-order valence-corrected chi connectivity index (χ3v) is 3.97. The molecule has 0 saturated carbocycles. The van der Waals surface area contributed by atoms with Crippen LogP contribution in [-0.4, -0.2) is 43.0 Å². The van der Waals surface area contributed by atoms with E-state index in [4.69, 9.17) is 4.74 Å². The van der Waals surface area contributed by atoms with Gasteiger partial charge in [-0.15, -0.1) is 0 Å². The molecule has 1 atom stereocenters. The first-order valence-corrected chi connectivity index (χ1v) is 7.76. The maximum absolute atomic E-state index is 12.6. The molecule has 0 unspecified atom stereocenters. The summed E-state index contributed by atoms with van der Waals surface area (Å²) in [5, 5.41) is 2.88. The number of hydrogen-bond acceptors (Lipinski definition) is 3. The summed E-state index contributed by atoms with van der Waals surface area (Å²) in [4.78, 5) is 26.8. The molecule has 120 valence electrons. The summed E-state index contributed by atoms with van der Waals surface area (Å²) < 4.78 is 5.13. The first-order valence-electron chi connectivity index (χ1n) is 7.76. The van der Waals surface area contributed by atoms with Crippen LogP contribution in [0.2, 0.25) is 0 Å². The summed E-state index contributed by atoms with van der Waals surface area (Å²) in [7, 11) is 1.56. The Balaban J connectivity index is 2.09. The standard InChI is InChI=1S/C17H24N2O3/c1-12(2)15(17(21)19-9-4-5-10-19)18-16(20)13-7-6-8-14(11-13)22-3/h6-8,11-12,15H,4-5,9-10H2,1-3H3,(H,18,20)/t15-/m0/s1. The highest BCUT2D eigenvalue weighted by atomic mass is 16.5. The number of benzene rings is 1. The van der Waals surface area contributed by atoms with Crippen LogP contribution in [0.1, 0.15) is 37.0 Å². The molecule has 1 saturated heterocycles. The van der Waals surface area contributed by atoms with Gasteiger partial charge in [-0.2, -0.15) is 0 Å². The second-order valence-electron chi connectivity index (χ2n) is 5.96. The van der Waals surface area contributed by atoms with E-state index in [9.17, 15) is 9.59 Å². The van der Waals surface area contributed by atoms with Gasteiger partial charge in [-0.1, -0.05) is 19.9 Å². The van der Waals surface area contributed by atoms with Crippen molar-refractivity contribution in [2.45, 2.75) is 32.7 Å². The molecule has 1 heterocycles. The number of nitrogens with one attached hydrogen (secondary N) is 1. The maximum Gasteiger partial charge on any atom is 0.252 e. The minimum atomic E-state index is -0.489. The Morgan fingerprint density at radius 3 is 2.50 bits per heavy atom. The molecule has 1 fully saturated rings. The fourth-order valence-electron chi connectivity index (χ4n) is 2.64. The lowest BCUT2D eigenvalue weighted by Gasteiger charge is -2.26. The number of methoxy groups -OCH3 is 1. The van der Waals surface area contributed by atoms with Gasteiger partial charge < -0.3 is 15.0 Å². The minimum Gasteiger partial charge on any atom is -0.497 e. The van der Waals surface area contributed by atoms with E-state index in [2.05, 4.69) is 5.32 Å². The molecule has 1 aliphatic rings. The monoisotopic (exact) mass is 304 g/mol. The zero-order chi connectivity index (χ0) is 16.1. The predicted octanol–water partition coefficient (Wildman–Crippen LogP) is 2.07. The number of nitrogens with zero attached hydrogens (tertiary/aromatic N) is 1. The first kappa shape index (κ1) is 16.3. The normalized spacial score (nSPS) is 15.7. The Hall–Kier alpha value is -2.04. The van der Waals surface area contributed by atoms with Gasteiger partial charge in [-0.25, -0.2) is 0 Å². The van der Waals surface area contributed by atoms with E-state index in [1.807, 2.05) is 18.7 Å².